The van der Waals surface area contributed by atoms with Crippen LogP contribution in [0.3, 0.4) is 0 Å². The second-order valence-electron chi connectivity index (χ2n) is 4.12. The predicted octanol–water partition coefficient (Wildman–Crippen LogP) is 0.172. The topological polar surface area (TPSA) is 92.0 Å². The zero-order valence-corrected chi connectivity index (χ0v) is 11.0. The second-order valence-corrected chi connectivity index (χ2v) is 4.12. The highest BCUT2D eigenvalue weighted by molar-refractivity contribution is 5.87. The normalized spacial score (nSPS) is 10.7. The first kappa shape index (κ1) is 15.2. The number of ether oxygens (including phenoxy) is 1. The Hall–Kier alpha value is -1.86. The molecule has 1 rings (SSSR count). The molecule has 7 heteroatoms. The van der Waals surface area contributed by atoms with Gasteiger partial charge in [-0.05, 0) is 13.1 Å². The van der Waals surface area contributed by atoms with Crippen LogP contribution in [0, 0.1) is 0 Å². The summed E-state index contributed by atoms with van der Waals surface area (Å²) in [5, 5.41) is 11.4. The summed E-state index contributed by atoms with van der Waals surface area (Å²) in [7, 11) is 3.31. The molecule has 0 fully saturated rings. The number of nitrogens with one attached hydrogen (secondary N) is 1. The van der Waals surface area contributed by atoms with Crippen molar-refractivity contribution in [1.82, 2.24) is 10.2 Å². The van der Waals surface area contributed by atoms with Gasteiger partial charge in [0.05, 0.1) is 25.3 Å². The van der Waals surface area contributed by atoms with Crippen molar-refractivity contribution >= 4 is 11.9 Å². The lowest BCUT2D eigenvalue weighted by Crippen LogP contribution is -2.36. The Balaban J connectivity index is 2.35. The van der Waals surface area contributed by atoms with Crippen molar-refractivity contribution in [3.8, 4) is 0 Å². The van der Waals surface area contributed by atoms with Crippen LogP contribution in [-0.4, -0.2) is 55.7 Å². The van der Waals surface area contributed by atoms with E-state index in [9.17, 15) is 9.59 Å². The van der Waals surface area contributed by atoms with Crippen LogP contribution in [0.5, 0.6) is 0 Å². The Kier molecular flexibility index (Phi) is 6.04. The monoisotopic (exact) mass is 270 g/mol. The van der Waals surface area contributed by atoms with Gasteiger partial charge >= 0.3 is 5.97 Å². The smallest absolute Gasteiger partial charge is 0.338 e. The highest BCUT2D eigenvalue weighted by atomic mass is 16.5. The molecule has 1 aromatic heterocycles. The Labute approximate surface area is 111 Å². The average Bonchev–Trinajstić information content (AvgIpc) is 2.77. The highest BCUT2D eigenvalue weighted by Crippen LogP contribution is 2.09. The van der Waals surface area contributed by atoms with Crippen LogP contribution in [-0.2, 0) is 16.1 Å². The van der Waals surface area contributed by atoms with E-state index in [4.69, 9.17) is 14.3 Å². The fourth-order valence-corrected chi connectivity index (χ4v) is 1.49. The first-order valence-corrected chi connectivity index (χ1v) is 5.77. The molecule has 0 saturated carbocycles. The molecule has 1 amide bonds. The number of hydrogen-bond acceptors (Lipinski definition) is 5. The lowest BCUT2D eigenvalue weighted by molar-refractivity contribution is -0.122. The number of rotatable bonds is 8. The summed E-state index contributed by atoms with van der Waals surface area (Å²) in [5.74, 6) is -0.649. The summed E-state index contributed by atoms with van der Waals surface area (Å²) >= 11 is 0. The summed E-state index contributed by atoms with van der Waals surface area (Å²) in [5.41, 5.74) is 0.105. The maximum Gasteiger partial charge on any atom is 0.338 e. The number of carbonyl (C=O) groups excluding carboxylic acids is 1. The molecule has 106 valence electrons. The first-order valence-electron chi connectivity index (χ1n) is 5.77. The van der Waals surface area contributed by atoms with Crippen LogP contribution in [0.2, 0.25) is 0 Å². The third kappa shape index (κ3) is 5.54. The van der Waals surface area contributed by atoms with Crippen LogP contribution in [0.4, 0.5) is 0 Å². The van der Waals surface area contributed by atoms with E-state index < -0.39 is 5.97 Å². The van der Waals surface area contributed by atoms with Gasteiger partial charge in [0.25, 0.3) is 0 Å². The van der Waals surface area contributed by atoms with E-state index in [1.807, 2.05) is 0 Å². The molecule has 0 aliphatic carbocycles. The van der Waals surface area contributed by atoms with Crippen LogP contribution < -0.4 is 5.32 Å². The summed E-state index contributed by atoms with van der Waals surface area (Å²) in [6.07, 6.45) is 1.18. The van der Waals surface area contributed by atoms with Crippen molar-refractivity contribution in [2.45, 2.75) is 6.54 Å². The zero-order valence-electron chi connectivity index (χ0n) is 11.0. The molecule has 0 bridgehead atoms. The standard InChI is InChI=1S/C12H18N2O5/c1-14(7-11(15)13-3-4-18-2)6-10-5-9(8-19-10)12(16)17/h5,8H,3-4,6-7H2,1-2H3,(H,13,15)(H,16,17). The Morgan fingerprint density at radius 3 is 2.84 bits per heavy atom. The van der Waals surface area contributed by atoms with Gasteiger partial charge in [-0.2, -0.15) is 0 Å². The van der Waals surface area contributed by atoms with Gasteiger partial charge in [0.15, 0.2) is 0 Å². The van der Waals surface area contributed by atoms with Gasteiger partial charge in [-0.3, -0.25) is 9.69 Å². The summed E-state index contributed by atoms with van der Waals surface area (Å²) < 4.78 is 9.92. The van der Waals surface area contributed by atoms with Crippen LogP contribution >= 0.6 is 0 Å². The summed E-state index contributed by atoms with van der Waals surface area (Å²) in [4.78, 5) is 23.9. The molecule has 7 nitrogen and oxygen atoms in total. The number of amides is 1. The first-order chi connectivity index (χ1) is 9.02. The number of aromatic carboxylic acids is 1. The van der Waals surface area contributed by atoms with Crippen molar-refractivity contribution in [3.63, 3.8) is 0 Å². The number of carboxylic acids is 1. The second kappa shape index (κ2) is 7.55. The lowest BCUT2D eigenvalue weighted by Gasteiger charge is -2.14. The van der Waals surface area contributed by atoms with E-state index in [1.165, 1.54) is 12.3 Å². The molecule has 2 N–H and O–H groups in total. The van der Waals surface area contributed by atoms with Crippen molar-refractivity contribution in [1.29, 1.82) is 0 Å². The molecule has 19 heavy (non-hydrogen) atoms. The van der Waals surface area contributed by atoms with E-state index in [0.29, 0.717) is 25.5 Å². The fourth-order valence-electron chi connectivity index (χ4n) is 1.49. The molecule has 1 heterocycles. The quantitative estimate of drug-likeness (QED) is 0.654. The molecule has 0 radical (unpaired) electrons. The molecule has 0 saturated heterocycles. The average molecular weight is 270 g/mol. The summed E-state index contributed by atoms with van der Waals surface area (Å²) in [6, 6.07) is 1.45. The Morgan fingerprint density at radius 2 is 2.26 bits per heavy atom. The molecular formula is C12H18N2O5. The number of hydrogen-bond donors (Lipinski definition) is 2. The van der Waals surface area contributed by atoms with Crippen LogP contribution in [0.25, 0.3) is 0 Å². The third-order valence-electron chi connectivity index (χ3n) is 2.37. The molecule has 0 unspecified atom stereocenters. The van der Waals surface area contributed by atoms with E-state index in [-0.39, 0.29) is 18.0 Å². The fraction of sp³-hybridized carbons (Fsp3) is 0.500. The van der Waals surface area contributed by atoms with Crippen LogP contribution in [0.15, 0.2) is 16.7 Å². The SMILES string of the molecule is COCCNC(=O)CN(C)Cc1cc(C(=O)O)co1. The van der Waals surface area contributed by atoms with Gasteiger partial charge in [-0.25, -0.2) is 4.79 Å². The van der Waals surface area contributed by atoms with E-state index in [2.05, 4.69) is 5.32 Å². The van der Waals surface area contributed by atoms with Crippen molar-refractivity contribution < 1.29 is 23.8 Å². The summed E-state index contributed by atoms with van der Waals surface area (Å²) in [6.45, 7) is 1.50. The van der Waals surface area contributed by atoms with E-state index in [1.54, 1.807) is 19.1 Å². The minimum atomic E-state index is -1.03. The van der Waals surface area contributed by atoms with Crippen molar-refractivity contribution in [2.75, 3.05) is 33.9 Å². The van der Waals surface area contributed by atoms with Crippen molar-refractivity contribution in [2.24, 2.45) is 0 Å². The number of nitrogens with zero attached hydrogens (tertiary/aromatic N) is 1. The zero-order chi connectivity index (χ0) is 14.3. The largest absolute Gasteiger partial charge is 0.478 e. The molecular weight excluding hydrogens is 252 g/mol. The third-order valence-corrected chi connectivity index (χ3v) is 2.37. The maximum atomic E-state index is 11.5. The van der Waals surface area contributed by atoms with Gasteiger partial charge in [0.1, 0.15) is 12.0 Å². The number of methoxy groups -OCH3 is 1. The lowest BCUT2D eigenvalue weighted by atomic mass is 10.3. The van der Waals surface area contributed by atoms with Crippen molar-refractivity contribution in [3.05, 3.63) is 23.7 Å². The molecule has 1 aromatic rings. The van der Waals surface area contributed by atoms with Gasteiger partial charge in [-0.15, -0.1) is 0 Å². The number of carboxylic acid groups (broad SMARTS) is 1. The Bertz CT molecular complexity index is 430. The minimum absolute atomic E-state index is 0.105. The minimum Gasteiger partial charge on any atom is -0.478 e. The van der Waals surface area contributed by atoms with Gasteiger partial charge in [0, 0.05) is 13.7 Å². The molecule has 0 aromatic carbocycles. The highest BCUT2D eigenvalue weighted by Gasteiger charge is 2.11. The van der Waals surface area contributed by atoms with E-state index in [0.717, 1.165) is 0 Å². The maximum absolute atomic E-state index is 11.5. The number of likely N-dealkylation sites (N-methyl/N-ethyl adjacent to an activating group) is 1. The van der Waals surface area contributed by atoms with Gasteiger partial charge < -0.3 is 19.6 Å². The predicted molar refractivity (Wildman–Crippen MR) is 66.9 cm³/mol. The van der Waals surface area contributed by atoms with E-state index >= 15 is 0 Å². The molecule has 0 aliphatic rings. The molecule has 0 aliphatic heterocycles. The number of furan rings is 1. The Morgan fingerprint density at radius 1 is 1.53 bits per heavy atom. The van der Waals surface area contributed by atoms with Gasteiger partial charge in [0.2, 0.25) is 5.91 Å². The van der Waals surface area contributed by atoms with Crippen LogP contribution in [0.1, 0.15) is 16.1 Å². The van der Waals surface area contributed by atoms with Gasteiger partial charge in [-0.1, -0.05) is 0 Å². The molecule has 0 spiro atoms. The number of carbonyl (C=O) groups is 2. The molecule has 0 atom stereocenters.